The molecule has 0 saturated carbocycles. The number of non-ortho nitro benzene ring substituents is 1. The summed E-state index contributed by atoms with van der Waals surface area (Å²) in [4.78, 5) is 27.1. The van der Waals surface area contributed by atoms with Crippen LogP contribution in [-0.4, -0.2) is 42.4 Å². The van der Waals surface area contributed by atoms with Crippen molar-refractivity contribution in [1.82, 2.24) is 4.90 Å². The second-order valence-electron chi connectivity index (χ2n) is 6.37. The van der Waals surface area contributed by atoms with Gasteiger partial charge >= 0.3 is 0 Å². The van der Waals surface area contributed by atoms with Crippen molar-refractivity contribution in [3.05, 3.63) is 33.9 Å². The van der Waals surface area contributed by atoms with E-state index in [1.807, 2.05) is 6.07 Å². The minimum absolute atomic E-state index is 0.102. The Bertz CT molecular complexity index is 615. The molecule has 0 spiro atoms. The standard InChI is InChI=1S/C16H21N3O3/c1-17(2)16(20)13-10-11-9-12(19(21)22)6-7-14(11)18-8-4-3-5-15(13)18/h6-7,9,13,15H,3-5,8,10H2,1-2H3/t13-,15+/m1/s1. The first-order chi connectivity index (χ1) is 10.5. The Kier molecular flexibility index (Phi) is 3.76. The largest absolute Gasteiger partial charge is 0.368 e. The maximum Gasteiger partial charge on any atom is 0.269 e. The lowest BCUT2D eigenvalue weighted by molar-refractivity contribution is -0.384. The second kappa shape index (κ2) is 5.59. The summed E-state index contributed by atoms with van der Waals surface area (Å²) in [5.74, 6) is 0.0128. The molecule has 2 aliphatic rings. The fourth-order valence-electron chi connectivity index (χ4n) is 3.76. The van der Waals surface area contributed by atoms with Crippen LogP contribution in [0.3, 0.4) is 0 Å². The number of rotatable bonds is 2. The highest BCUT2D eigenvalue weighted by atomic mass is 16.6. The van der Waals surface area contributed by atoms with Gasteiger partial charge < -0.3 is 9.80 Å². The Morgan fingerprint density at radius 1 is 1.36 bits per heavy atom. The summed E-state index contributed by atoms with van der Waals surface area (Å²) in [7, 11) is 3.55. The summed E-state index contributed by atoms with van der Waals surface area (Å²) in [5, 5.41) is 11.0. The van der Waals surface area contributed by atoms with Crippen LogP contribution in [0.1, 0.15) is 24.8 Å². The van der Waals surface area contributed by atoms with Crippen molar-refractivity contribution in [3.8, 4) is 0 Å². The van der Waals surface area contributed by atoms with Crippen LogP contribution in [0.5, 0.6) is 0 Å². The Labute approximate surface area is 129 Å². The number of nitrogens with zero attached hydrogens (tertiary/aromatic N) is 3. The Hall–Kier alpha value is -2.11. The zero-order valence-corrected chi connectivity index (χ0v) is 13.0. The molecule has 1 saturated heterocycles. The van der Waals surface area contributed by atoms with Crippen molar-refractivity contribution in [2.75, 3.05) is 25.5 Å². The zero-order valence-electron chi connectivity index (χ0n) is 13.0. The smallest absolute Gasteiger partial charge is 0.269 e. The fraction of sp³-hybridized carbons (Fsp3) is 0.562. The molecule has 6 heteroatoms. The van der Waals surface area contributed by atoms with Gasteiger partial charge in [0.15, 0.2) is 0 Å². The summed E-state index contributed by atoms with van der Waals surface area (Å²) in [6.07, 6.45) is 3.85. The molecule has 0 bridgehead atoms. The summed E-state index contributed by atoms with van der Waals surface area (Å²) >= 11 is 0. The Morgan fingerprint density at radius 3 is 2.82 bits per heavy atom. The first kappa shape index (κ1) is 14.8. The third-order valence-electron chi connectivity index (χ3n) is 4.79. The Morgan fingerprint density at radius 2 is 2.14 bits per heavy atom. The number of nitro benzene ring substituents is 1. The first-order valence-electron chi connectivity index (χ1n) is 7.74. The van der Waals surface area contributed by atoms with Gasteiger partial charge in [-0.2, -0.15) is 0 Å². The van der Waals surface area contributed by atoms with Crippen LogP contribution < -0.4 is 4.90 Å². The van der Waals surface area contributed by atoms with Gasteiger partial charge in [-0.1, -0.05) is 0 Å². The third kappa shape index (κ3) is 2.42. The third-order valence-corrected chi connectivity index (χ3v) is 4.79. The van der Waals surface area contributed by atoms with Crippen LogP contribution in [0.15, 0.2) is 18.2 Å². The van der Waals surface area contributed by atoms with E-state index in [0.29, 0.717) is 6.42 Å². The van der Waals surface area contributed by atoms with Crippen LogP contribution in [0, 0.1) is 16.0 Å². The zero-order chi connectivity index (χ0) is 15.9. The molecule has 22 heavy (non-hydrogen) atoms. The normalized spacial score (nSPS) is 23.5. The van der Waals surface area contributed by atoms with Gasteiger partial charge in [0, 0.05) is 44.5 Å². The lowest BCUT2D eigenvalue weighted by Crippen LogP contribution is -2.52. The summed E-state index contributed by atoms with van der Waals surface area (Å²) in [6, 6.07) is 5.27. The summed E-state index contributed by atoms with van der Waals surface area (Å²) in [5.41, 5.74) is 2.09. The highest BCUT2D eigenvalue weighted by molar-refractivity contribution is 5.82. The minimum atomic E-state index is -0.370. The van der Waals surface area contributed by atoms with E-state index in [2.05, 4.69) is 4.90 Å². The molecule has 2 heterocycles. The van der Waals surface area contributed by atoms with E-state index in [1.54, 1.807) is 31.1 Å². The number of nitro groups is 1. The van der Waals surface area contributed by atoms with E-state index in [1.165, 1.54) is 0 Å². The molecule has 118 valence electrons. The molecule has 0 aromatic heterocycles. The van der Waals surface area contributed by atoms with Crippen LogP contribution >= 0.6 is 0 Å². The van der Waals surface area contributed by atoms with E-state index < -0.39 is 0 Å². The van der Waals surface area contributed by atoms with Crippen LogP contribution in [-0.2, 0) is 11.2 Å². The molecule has 0 N–H and O–H groups in total. The maximum atomic E-state index is 12.5. The molecule has 3 rings (SSSR count). The number of amides is 1. The van der Waals surface area contributed by atoms with Crippen molar-refractivity contribution < 1.29 is 9.72 Å². The number of hydrogen-bond donors (Lipinski definition) is 0. The Balaban J connectivity index is 2.02. The van der Waals surface area contributed by atoms with E-state index in [9.17, 15) is 14.9 Å². The van der Waals surface area contributed by atoms with E-state index >= 15 is 0 Å². The van der Waals surface area contributed by atoms with Crippen molar-refractivity contribution in [2.24, 2.45) is 5.92 Å². The van der Waals surface area contributed by atoms with Gasteiger partial charge in [0.2, 0.25) is 5.91 Å². The molecule has 1 aromatic carbocycles. The van der Waals surface area contributed by atoms with Gasteiger partial charge in [-0.05, 0) is 37.3 Å². The number of piperidine rings is 1. The van der Waals surface area contributed by atoms with Crippen molar-refractivity contribution in [2.45, 2.75) is 31.7 Å². The highest BCUT2D eigenvalue weighted by Gasteiger charge is 2.40. The monoisotopic (exact) mass is 303 g/mol. The van der Waals surface area contributed by atoms with Crippen LogP contribution in [0.2, 0.25) is 0 Å². The fourth-order valence-corrected chi connectivity index (χ4v) is 3.76. The average Bonchev–Trinajstić information content (AvgIpc) is 2.52. The lowest BCUT2D eigenvalue weighted by Gasteiger charge is -2.46. The molecule has 1 amide bonds. The van der Waals surface area contributed by atoms with Crippen molar-refractivity contribution >= 4 is 17.3 Å². The van der Waals surface area contributed by atoms with Crippen LogP contribution in [0.25, 0.3) is 0 Å². The summed E-state index contributed by atoms with van der Waals surface area (Å²) in [6.45, 7) is 0.923. The predicted molar refractivity (Wildman–Crippen MR) is 84.0 cm³/mol. The van der Waals surface area contributed by atoms with Gasteiger partial charge in [0.25, 0.3) is 5.69 Å². The first-order valence-corrected chi connectivity index (χ1v) is 7.74. The lowest BCUT2D eigenvalue weighted by atomic mass is 9.80. The van der Waals surface area contributed by atoms with E-state index in [-0.39, 0.29) is 28.5 Å². The highest BCUT2D eigenvalue weighted by Crippen LogP contribution is 2.40. The summed E-state index contributed by atoms with van der Waals surface area (Å²) < 4.78 is 0. The molecule has 0 unspecified atom stereocenters. The van der Waals surface area contributed by atoms with Crippen molar-refractivity contribution in [1.29, 1.82) is 0 Å². The number of fused-ring (bicyclic) bond motifs is 3. The van der Waals surface area contributed by atoms with Gasteiger partial charge in [-0.15, -0.1) is 0 Å². The molecule has 2 atom stereocenters. The van der Waals surface area contributed by atoms with Gasteiger partial charge in [0.05, 0.1) is 10.8 Å². The number of anilines is 1. The molecule has 2 aliphatic heterocycles. The predicted octanol–water partition coefficient (Wildman–Crippen LogP) is 2.21. The molecular weight excluding hydrogens is 282 g/mol. The van der Waals surface area contributed by atoms with Crippen LogP contribution in [0.4, 0.5) is 11.4 Å². The average molecular weight is 303 g/mol. The molecule has 1 aromatic rings. The number of benzene rings is 1. The van der Waals surface area contributed by atoms with Gasteiger partial charge in [0.1, 0.15) is 0 Å². The topological polar surface area (TPSA) is 66.7 Å². The second-order valence-corrected chi connectivity index (χ2v) is 6.37. The molecule has 1 fully saturated rings. The quantitative estimate of drug-likeness (QED) is 0.620. The van der Waals surface area contributed by atoms with E-state index in [0.717, 1.165) is 37.1 Å². The molecular formula is C16H21N3O3. The number of carbonyl (C=O) groups excluding carboxylic acids is 1. The molecule has 6 nitrogen and oxygen atoms in total. The minimum Gasteiger partial charge on any atom is -0.368 e. The molecule has 0 aliphatic carbocycles. The van der Waals surface area contributed by atoms with Crippen molar-refractivity contribution in [3.63, 3.8) is 0 Å². The van der Waals surface area contributed by atoms with Gasteiger partial charge in [-0.3, -0.25) is 14.9 Å². The van der Waals surface area contributed by atoms with E-state index in [4.69, 9.17) is 0 Å². The SMILES string of the molecule is CN(C)C(=O)[C@@H]1Cc2cc([N+](=O)[O-])ccc2N2CCCC[C@@H]12. The number of carbonyl (C=O) groups is 1. The van der Waals surface area contributed by atoms with Gasteiger partial charge in [-0.25, -0.2) is 0 Å². The number of hydrogen-bond acceptors (Lipinski definition) is 4. The maximum absolute atomic E-state index is 12.5. The molecule has 0 radical (unpaired) electrons.